The van der Waals surface area contributed by atoms with Gasteiger partial charge >= 0.3 is 0 Å². The molecule has 2 aromatic rings. The lowest BCUT2D eigenvalue weighted by Gasteiger charge is -2.12. The fourth-order valence-corrected chi connectivity index (χ4v) is 1.78. The van der Waals surface area contributed by atoms with Crippen LogP contribution in [0.1, 0.15) is 19.5 Å². The van der Waals surface area contributed by atoms with E-state index in [-0.39, 0.29) is 0 Å². The van der Waals surface area contributed by atoms with Gasteiger partial charge in [0.15, 0.2) is 0 Å². The highest BCUT2D eigenvalue weighted by Crippen LogP contribution is 2.03. The van der Waals surface area contributed by atoms with Gasteiger partial charge in [-0.25, -0.2) is 0 Å². The zero-order valence-electron chi connectivity index (χ0n) is 10.5. The van der Waals surface area contributed by atoms with E-state index in [1.165, 1.54) is 5.69 Å². The largest absolute Gasteiger partial charge is 0.348 e. The third-order valence-electron chi connectivity index (χ3n) is 2.74. The normalized spacial score (nSPS) is 11.2. The number of hydrogen-bond acceptors (Lipinski definition) is 2. The molecule has 2 rings (SSSR count). The van der Waals surface area contributed by atoms with Gasteiger partial charge < -0.3 is 9.88 Å². The van der Waals surface area contributed by atoms with Gasteiger partial charge in [0, 0.05) is 43.4 Å². The van der Waals surface area contributed by atoms with Gasteiger partial charge in [-0.2, -0.15) is 5.10 Å². The monoisotopic (exact) mass is 232 g/mol. The summed E-state index contributed by atoms with van der Waals surface area (Å²) in [6.45, 7) is 7.12. The summed E-state index contributed by atoms with van der Waals surface area (Å²) in [7, 11) is 0. The van der Waals surface area contributed by atoms with Gasteiger partial charge in [0.25, 0.3) is 0 Å². The zero-order valence-corrected chi connectivity index (χ0v) is 10.5. The average molecular weight is 232 g/mol. The molecule has 0 saturated carbocycles. The molecule has 0 aliphatic heterocycles. The van der Waals surface area contributed by atoms with Gasteiger partial charge in [0.1, 0.15) is 0 Å². The van der Waals surface area contributed by atoms with Crippen LogP contribution in [0.3, 0.4) is 0 Å². The number of aryl methyl sites for hydroxylation is 2. The Labute approximate surface area is 102 Å². The van der Waals surface area contributed by atoms with E-state index in [2.05, 4.69) is 47.2 Å². The highest BCUT2D eigenvalue weighted by atomic mass is 15.3. The van der Waals surface area contributed by atoms with Crippen LogP contribution in [0, 0.1) is 0 Å². The minimum absolute atomic E-state index is 0.518. The van der Waals surface area contributed by atoms with Gasteiger partial charge in [0.05, 0.1) is 6.54 Å². The molecule has 0 unspecified atom stereocenters. The quantitative estimate of drug-likeness (QED) is 0.825. The van der Waals surface area contributed by atoms with Crippen LogP contribution in [0.2, 0.25) is 0 Å². The van der Waals surface area contributed by atoms with Crippen LogP contribution in [0.15, 0.2) is 36.8 Å². The van der Waals surface area contributed by atoms with Crippen molar-refractivity contribution in [3.63, 3.8) is 0 Å². The van der Waals surface area contributed by atoms with Crippen LogP contribution < -0.4 is 5.32 Å². The third-order valence-corrected chi connectivity index (χ3v) is 2.74. The molecule has 0 amide bonds. The molecule has 0 aliphatic rings. The standard InChI is InChI=1S/C13H20N4/c1-12(2)14-11-13-5-3-7-16(13)9-10-17-8-4-6-15-17/h3-8,12,14H,9-11H2,1-2H3. The first-order valence-corrected chi connectivity index (χ1v) is 6.10. The molecule has 0 aliphatic carbocycles. The Morgan fingerprint density at radius 2 is 2.12 bits per heavy atom. The van der Waals surface area contributed by atoms with Crippen molar-refractivity contribution in [1.29, 1.82) is 0 Å². The van der Waals surface area contributed by atoms with Crippen molar-refractivity contribution in [1.82, 2.24) is 19.7 Å². The fourth-order valence-electron chi connectivity index (χ4n) is 1.78. The molecule has 1 N–H and O–H groups in total. The highest BCUT2D eigenvalue weighted by molar-refractivity contribution is 5.07. The zero-order chi connectivity index (χ0) is 12.1. The molecule has 92 valence electrons. The fraction of sp³-hybridized carbons (Fsp3) is 0.462. The van der Waals surface area contributed by atoms with E-state index in [1.807, 2.05) is 23.1 Å². The van der Waals surface area contributed by atoms with E-state index in [4.69, 9.17) is 0 Å². The van der Waals surface area contributed by atoms with E-state index in [9.17, 15) is 0 Å². The summed E-state index contributed by atoms with van der Waals surface area (Å²) in [6.07, 6.45) is 5.94. The molecular formula is C13H20N4. The lowest BCUT2D eigenvalue weighted by molar-refractivity contribution is 0.505. The van der Waals surface area contributed by atoms with Crippen LogP contribution in [-0.4, -0.2) is 20.4 Å². The average Bonchev–Trinajstić information content (AvgIpc) is 2.95. The lowest BCUT2D eigenvalue weighted by atomic mass is 10.3. The first-order valence-electron chi connectivity index (χ1n) is 6.10. The van der Waals surface area contributed by atoms with Crippen molar-refractivity contribution >= 4 is 0 Å². The molecule has 2 heterocycles. The molecular weight excluding hydrogens is 212 g/mol. The number of nitrogens with zero attached hydrogens (tertiary/aromatic N) is 3. The smallest absolute Gasteiger partial charge is 0.0588 e. The van der Waals surface area contributed by atoms with Gasteiger partial charge in [-0.1, -0.05) is 13.8 Å². The molecule has 0 aromatic carbocycles. The molecule has 0 atom stereocenters. The molecule has 0 saturated heterocycles. The third kappa shape index (κ3) is 3.46. The molecule has 4 heteroatoms. The maximum atomic E-state index is 4.21. The number of rotatable bonds is 6. The van der Waals surface area contributed by atoms with Crippen molar-refractivity contribution < 1.29 is 0 Å². The summed E-state index contributed by atoms with van der Waals surface area (Å²) in [5, 5.41) is 7.65. The van der Waals surface area contributed by atoms with E-state index >= 15 is 0 Å². The van der Waals surface area contributed by atoms with Crippen molar-refractivity contribution in [2.45, 2.75) is 39.5 Å². The van der Waals surface area contributed by atoms with E-state index < -0.39 is 0 Å². The maximum Gasteiger partial charge on any atom is 0.0588 e. The Morgan fingerprint density at radius 3 is 2.82 bits per heavy atom. The Bertz CT molecular complexity index is 428. The Hall–Kier alpha value is -1.55. The predicted molar refractivity (Wildman–Crippen MR) is 68.6 cm³/mol. The summed E-state index contributed by atoms with van der Waals surface area (Å²) in [6, 6.07) is 6.74. The van der Waals surface area contributed by atoms with Crippen LogP contribution in [-0.2, 0) is 19.6 Å². The van der Waals surface area contributed by atoms with Crippen molar-refractivity contribution in [2.75, 3.05) is 0 Å². The minimum atomic E-state index is 0.518. The topological polar surface area (TPSA) is 34.8 Å². The molecule has 0 bridgehead atoms. The second kappa shape index (κ2) is 5.68. The van der Waals surface area contributed by atoms with Gasteiger partial charge in [0.2, 0.25) is 0 Å². The predicted octanol–water partition coefficient (Wildman–Crippen LogP) is 1.88. The summed E-state index contributed by atoms with van der Waals surface area (Å²) >= 11 is 0. The van der Waals surface area contributed by atoms with E-state index in [0.717, 1.165) is 19.6 Å². The molecule has 2 aromatic heterocycles. The van der Waals surface area contributed by atoms with Crippen LogP contribution in [0.5, 0.6) is 0 Å². The number of aromatic nitrogens is 3. The van der Waals surface area contributed by atoms with Crippen LogP contribution in [0.25, 0.3) is 0 Å². The van der Waals surface area contributed by atoms with Crippen LogP contribution in [0.4, 0.5) is 0 Å². The molecule has 17 heavy (non-hydrogen) atoms. The summed E-state index contributed by atoms with van der Waals surface area (Å²) < 4.78 is 4.23. The van der Waals surface area contributed by atoms with Gasteiger partial charge in [-0.15, -0.1) is 0 Å². The first-order chi connectivity index (χ1) is 8.25. The molecule has 4 nitrogen and oxygen atoms in total. The van der Waals surface area contributed by atoms with Crippen LogP contribution >= 0.6 is 0 Å². The number of hydrogen-bond donors (Lipinski definition) is 1. The SMILES string of the molecule is CC(C)NCc1cccn1CCn1cccn1. The summed E-state index contributed by atoms with van der Waals surface area (Å²) in [5.41, 5.74) is 1.32. The van der Waals surface area contributed by atoms with Crippen molar-refractivity contribution in [3.05, 3.63) is 42.5 Å². The second-order valence-electron chi connectivity index (χ2n) is 4.50. The molecule has 0 fully saturated rings. The summed E-state index contributed by atoms with van der Waals surface area (Å²) in [4.78, 5) is 0. The van der Waals surface area contributed by atoms with E-state index in [1.54, 1.807) is 0 Å². The van der Waals surface area contributed by atoms with Crippen molar-refractivity contribution in [3.8, 4) is 0 Å². The van der Waals surface area contributed by atoms with Gasteiger partial charge in [-0.05, 0) is 18.2 Å². The maximum absolute atomic E-state index is 4.21. The molecule has 0 spiro atoms. The summed E-state index contributed by atoms with van der Waals surface area (Å²) in [5.74, 6) is 0. The number of nitrogens with one attached hydrogen (secondary N) is 1. The molecule has 0 radical (unpaired) electrons. The Balaban J connectivity index is 1.90. The van der Waals surface area contributed by atoms with Gasteiger partial charge in [-0.3, -0.25) is 4.68 Å². The first kappa shape index (κ1) is 11.9. The Morgan fingerprint density at radius 1 is 1.24 bits per heavy atom. The lowest BCUT2D eigenvalue weighted by Crippen LogP contribution is -2.23. The minimum Gasteiger partial charge on any atom is -0.348 e. The van der Waals surface area contributed by atoms with E-state index in [0.29, 0.717) is 6.04 Å². The second-order valence-corrected chi connectivity index (χ2v) is 4.50. The Kier molecular flexibility index (Phi) is 3.98. The highest BCUT2D eigenvalue weighted by Gasteiger charge is 2.01. The van der Waals surface area contributed by atoms with Crippen molar-refractivity contribution in [2.24, 2.45) is 0 Å².